The van der Waals surface area contributed by atoms with Crippen LogP contribution in [-0.2, 0) is 19.1 Å². The Hall–Kier alpha value is -1.06. The van der Waals surface area contributed by atoms with Crippen molar-refractivity contribution in [2.24, 2.45) is 23.7 Å². The van der Waals surface area contributed by atoms with E-state index in [0.29, 0.717) is 18.4 Å². The summed E-state index contributed by atoms with van der Waals surface area (Å²) >= 11 is 0. The van der Waals surface area contributed by atoms with Crippen LogP contribution in [0.2, 0.25) is 0 Å². The van der Waals surface area contributed by atoms with Gasteiger partial charge in [-0.25, -0.2) is 0 Å². The lowest BCUT2D eigenvalue weighted by Gasteiger charge is -2.34. The summed E-state index contributed by atoms with van der Waals surface area (Å²) in [5.74, 6) is 0.233. The van der Waals surface area contributed by atoms with Crippen LogP contribution in [0.4, 0.5) is 0 Å². The number of unbranched alkanes of at least 4 members (excludes halogenated alkanes) is 1. The fraction of sp³-hybridized carbons (Fsp3) is 0.900. The quantitative estimate of drug-likeness (QED) is 0.528. The lowest BCUT2D eigenvalue weighted by Crippen LogP contribution is -2.38. The van der Waals surface area contributed by atoms with Crippen LogP contribution in [0.5, 0.6) is 0 Å². The molecule has 0 amide bonds. The summed E-state index contributed by atoms with van der Waals surface area (Å²) in [6.07, 6.45) is 8.52. The van der Waals surface area contributed by atoms with E-state index in [1.807, 2.05) is 0 Å². The predicted octanol–water partition coefficient (Wildman–Crippen LogP) is 4.50. The lowest BCUT2D eigenvalue weighted by molar-refractivity contribution is -0.168. The van der Waals surface area contributed by atoms with Gasteiger partial charge in [-0.2, -0.15) is 0 Å². The van der Waals surface area contributed by atoms with E-state index < -0.39 is 0 Å². The molecule has 0 radical (unpaired) electrons. The molecule has 2 fully saturated rings. The van der Waals surface area contributed by atoms with Gasteiger partial charge in [0.25, 0.3) is 0 Å². The van der Waals surface area contributed by atoms with Gasteiger partial charge in [0.1, 0.15) is 6.10 Å². The molecule has 2 aliphatic rings. The first-order valence-corrected chi connectivity index (χ1v) is 9.88. The van der Waals surface area contributed by atoms with Crippen molar-refractivity contribution in [2.75, 3.05) is 6.61 Å². The van der Waals surface area contributed by atoms with E-state index in [4.69, 9.17) is 9.47 Å². The molecule has 2 rings (SSSR count). The molecule has 0 heterocycles. The highest BCUT2D eigenvalue weighted by atomic mass is 16.5. The minimum Gasteiger partial charge on any atom is -0.465 e. The minimum absolute atomic E-state index is 0.0231. The molecule has 2 saturated carbocycles. The molecule has 4 heteroatoms. The molecule has 4 unspecified atom stereocenters. The molecule has 0 aromatic carbocycles. The van der Waals surface area contributed by atoms with Crippen LogP contribution in [0.25, 0.3) is 0 Å². The topological polar surface area (TPSA) is 52.6 Å². The fourth-order valence-corrected chi connectivity index (χ4v) is 4.34. The van der Waals surface area contributed by atoms with Gasteiger partial charge in [0, 0.05) is 0 Å². The summed E-state index contributed by atoms with van der Waals surface area (Å²) in [6, 6.07) is 0. The first kappa shape index (κ1) is 19.3. The van der Waals surface area contributed by atoms with E-state index in [9.17, 15) is 9.59 Å². The van der Waals surface area contributed by atoms with Crippen molar-refractivity contribution >= 4 is 11.9 Å². The summed E-state index contributed by atoms with van der Waals surface area (Å²) in [6.45, 7) is 6.99. The highest BCUT2D eigenvalue weighted by Crippen LogP contribution is 2.35. The Morgan fingerprint density at radius 3 is 2.08 bits per heavy atom. The monoisotopic (exact) mass is 338 g/mol. The Morgan fingerprint density at radius 2 is 1.50 bits per heavy atom. The standard InChI is InChI=1S/C20H34O4/c1-4-5-10-23-19(21)17-8-6-7-9-18(17)20(22)24-16-12-14(2)11-15(3)13-16/h14-18H,4-13H2,1-3H3. The molecule has 0 spiro atoms. The van der Waals surface area contributed by atoms with Crippen LogP contribution < -0.4 is 0 Å². The smallest absolute Gasteiger partial charge is 0.310 e. The Morgan fingerprint density at radius 1 is 0.917 bits per heavy atom. The van der Waals surface area contributed by atoms with Crippen molar-refractivity contribution < 1.29 is 19.1 Å². The fourth-order valence-electron chi connectivity index (χ4n) is 4.34. The van der Waals surface area contributed by atoms with Gasteiger partial charge in [-0.15, -0.1) is 0 Å². The molecule has 24 heavy (non-hydrogen) atoms. The van der Waals surface area contributed by atoms with Gasteiger partial charge >= 0.3 is 11.9 Å². The van der Waals surface area contributed by atoms with Gasteiger partial charge in [-0.1, -0.05) is 40.0 Å². The number of carbonyl (C=O) groups is 2. The second kappa shape index (κ2) is 9.43. The normalized spacial score (nSPS) is 33.7. The van der Waals surface area contributed by atoms with Crippen LogP contribution in [0.3, 0.4) is 0 Å². The zero-order valence-corrected chi connectivity index (χ0v) is 15.6. The van der Waals surface area contributed by atoms with Crippen LogP contribution in [0.15, 0.2) is 0 Å². The highest BCUT2D eigenvalue weighted by Gasteiger charge is 2.39. The number of carbonyl (C=O) groups excluding carboxylic acids is 2. The van der Waals surface area contributed by atoms with E-state index in [0.717, 1.165) is 51.4 Å². The number of esters is 2. The zero-order chi connectivity index (χ0) is 17.5. The molecule has 138 valence electrons. The summed E-state index contributed by atoms with van der Waals surface area (Å²) in [4.78, 5) is 25.0. The molecule has 0 saturated heterocycles. The first-order valence-electron chi connectivity index (χ1n) is 9.88. The Balaban J connectivity index is 1.91. The molecule has 2 aliphatic carbocycles. The summed E-state index contributed by atoms with van der Waals surface area (Å²) in [7, 11) is 0. The molecule has 4 atom stereocenters. The van der Waals surface area contributed by atoms with Gasteiger partial charge in [0.2, 0.25) is 0 Å². The maximum atomic E-state index is 12.7. The molecule has 4 nitrogen and oxygen atoms in total. The molecular formula is C20H34O4. The average Bonchev–Trinajstić information content (AvgIpc) is 2.54. The third-order valence-corrected chi connectivity index (χ3v) is 5.53. The van der Waals surface area contributed by atoms with E-state index in [2.05, 4.69) is 20.8 Å². The van der Waals surface area contributed by atoms with Crippen molar-refractivity contribution in [1.82, 2.24) is 0 Å². The largest absolute Gasteiger partial charge is 0.465 e. The van der Waals surface area contributed by atoms with Crippen LogP contribution in [0.1, 0.15) is 78.6 Å². The Kier molecular flexibility index (Phi) is 7.57. The van der Waals surface area contributed by atoms with Gasteiger partial charge in [-0.3, -0.25) is 9.59 Å². The number of ether oxygens (including phenoxy) is 2. The Labute approximate surface area is 146 Å². The molecule has 0 N–H and O–H groups in total. The third kappa shape index (κ3) is 5.49. The van der Waals surface area contributed by atoms with E-state index >= 15 is 0 Å². The van der Waals surface area contributed by atoms with E-state index in [-0.39, 0.29) is 29.9 Å². The lowest BCUT2D eigenvalue weighted by atomic mass is 9.78. The minimum atomic E-state index is -0.305. The molecule has 0 bridgehead atoms. The van der Waals surface area contributed by atoms with Crippen LogP contribution in [0, 0.1) is 23.7 Å². The van der Waals surface area contributed by atoms with Crippen molar-refractivity contribution in [3.8, 4) is 0 Å². The van der Waals surface area contributed by atoms with Gasteiger partial charge in [0.05, 0.1) is 18.4 Å². The molecule has 0 aromatic heterocycles. The second-order valence-electron chi connectivity index (χ2n) is 7.99. The predicted molar refractivity (Wildman–Crippen MR) is 93.4 cm³/mol. The SMILES string of the molecule is CCCCOC(=O)C1CCCCC1C(=O)OC1CC(C)CC(C)C1. The number of rotatable bonds is 6. The third-order valence-electron chi connectivity index (χ3n) is 5.53. The summed E-state index contributed by atoms with van der Waals surface area (Å²) in [5.41, 5.74) is 0. The highest BCUT2D eigenvalue weighted by molar-refractivity contribution is 5.82. The maximum Gasteiger partial charge on any atom is 0.310 e. The van der Waals surface area contributed by atoms with Gasteiger partial charge in [-0.05, 0) is 50.4 Å². The van der Waals surface area contributed by atoms with Crippen molar-refractivity contribution in [3.05, 3.63) is 0 Å². The van der Waals surface area contributed by atoms with Gasteiger partial charge < -0.3 is 9.47 Å². The maximum absolute atomic E-state index is 12.7. The number of hydrogen-bond donors (Lipinski definition) is 0. The van der Waals surface area contributed by atoms with E-state index in [1.54, 1.807) is 0 Å². The van der Waals surface area contributed by atoms with Crippen LogP contribution >= 0.6 is 0 Å². The average molecular weight is 338 g/mol. The first-order chi connectivity index (χ1) is 11.5. The van der Waals surface area contributed by atoms with Crippen molar-refractivity contribution in [2.45, 2.75) is 84.7 Å². The van der Waals surface area contributed by atoms with Crippen molar-refractivity contribution in [1.29, 1.82) is 0 Å². The summed E-state index contributed by atoms with van der Waals surface area (Å²) < 4.78 is 11.2. The van der Waals surface area contributed by atoms with Crippen LogP contribution in [-0.4, -0.2) is 24.6 Å². The summed E-state index contributed by atoms with van der Waals surface area (Å²) in [5, 5.41) is 0. The molecule has 0 aromatic rings. The Bertz CT molecular complexity index is 410. The second-order valence-corrected chi connectivity index (χ2v) is 7.99. The van der Waals surface area contributed by atoms with E-state index in [1.165, 1.54) is 6.42 Å². The zero-order valence-electron chi connectivity index (χ0n) is 15.6. The number of hydrogen-bond acceptors (Lipinski definition) is 4. The molecule has 0 aliphatic heterocycles. The van der Waals surface area contributed by atoms with Gasteiger partial charge in [0.15, 0.2) is 0 Å². The molecular weight excluding hydrogens is 304 g/mol. The van der Waals surface area contributed by atoms with Crippen molar-refractivity contribution in [3.63, 3.8) is 0 Å².